The molecule has 2 rings (SSSR count). The maximum Gasteiger partial charge on any atom is 0.113 e. The molecule has 0 aliphatic heterocycles. The molecule has 2 aromatic rings. The number of methoxy groups -OCH3 is 1. The fourth-order valence-corrected chi connectivity index (χ4v) is 1.95. The number of hydrogen-bond acceptors (Lipinski definition) is 3. The Morgan fingerprint density at radius 1 is 1.44 bits per heavy atom. The molecule has 0 radical (unpaired) electrons. The molecule has 1 heterocycles. The molecule has 0 atom stereocenters. The van der Waals surface area contributed by atoms with E-state index in [0.29, 0.717) is 0 Å². The highest BCUT2D eigenvalue weighted by Crippen LogP contribution is 2.22. The number of aromatic nitrogens is 3. The van der Waals surface area contributed by atoms with E-state index in [9.17, 15) is 0 Å². The summed E-state index contributed by atoms with van der Waals surface area (Å²) in [6.45, 7) is 3.63. The Balaban J connectivity index is 2.29. The van der Waals surface area contributed by atoms with Gasteiger partial charge in [-0.3, -0.25) is 0 Å². The van der Waals surface area contributed by atoms with Crippen molar-refractivity contribution in [2.24, 2.45) is 0 Å². The van der Waals surface area contributed by atoms with Crippen molar-refractivity contribution in [3.63, 3.8) is 0 Å². The van der Waals surface area contributed by atoms with Crippen LogP contribution >= 0.6 is 15.9 Å². The summed E-state index contributed by atoms with van der Waals surface area (Å²) < 4.78 is 8.03. The van der Waals surface area contributed by atoms with Crippen LogP contribution < -0.4 is 0 Å². The number of fused-ring (bicyclic) bond motifs is 1. The highest BCUT2D eigenvalue weighted by atomic mass is 79.9. The molecule has 0 aliphatic rings. The number of ether oxygens (including phenoxy) is 1. The van der Waals surface area contributed by atoms with Crippen molar-refractivity contribution in [1.29, 1.82) is 0 Å². The van der Waals surface area contributed by atoms with Crippen LogP contribution in [0, 0.1) is 6.92 Å². The molecule has 0 aliphatic carbocycles. The third-order valence-electron chi connectivity index (χ3n) is 2.51. The second kappa shape index (κ2) is 4.93. The molecular weight excluding hydrogens is 270 g/mol. The third-order valence-corrected chi connectivity index (χ3v) is 3.37. The maximum atomic E-state index is 5.02. The molecule has 1 aromatic carbocycles. The second-order valence-corrected chi connectivity index (χ2v) is 4.60. The first-order valence-corrected chi connectivity index (χ1v) is 6.00. The first-order valence-electron chi connectivity index (χ1n) is 5.20. The molecule has 0 saturated carbocycles. The van der Waals surface area contributed by atoms with Crippen LogP contribution in [0.4, 0.5) is 0 Å². The Bertz CT molecular complexity index is 495. The third kappa shape index (κ3) is 2.25. The maximum absolute atomic E-state index is 5.02. The lowest BCUT2D eigenvalue weighted by Crippen LogP contribution is -2.03. The number of aryl methyl sites for hydroxylation is 2. The molecule has 16 heavy (non-hydrogen) atoms. The first kappa shape index (κ1) is 11.5. The van der Waals surface area contributed by atoms with E-state index >= 15 is 0 Å². The van der Waals surface area contributed by atoms with Gasteiger partial charge < -0.3 is 4.74 Å². The normalized spacial score (nSPS) is 11.2. The standard InChI is InChI=1S/C11H14BrN3O/c1-8-6-10-11(7-9(8)12)15(14-13-10)4-3-5-16-2/h6-7H,3-5H2,1-2H3. The molecule has 0 fully saturated rings. The van der Waals surface area contributed by atoms with Gasteiger partial charge in [-0.1, -0.05) is 21.1 Å². The van der Waals surface area contributed by atoms with Crippen LogP contribution in [0.25, 0.3) is 11.0 Å². The van der Waals surface area contributed by atoms with Crippen LogP contribution in [0.15, 0.2) is 16.6 Å². The highest BCUT2D eigenvalue weighted by molar-refractivity contribution is 9.10. The van der Waals surface area contributed by atoms with E-state index in [0.717, 1.165) is 35.1 Å². The Morgan fingerprint density at radius 2 is 2.25 bits per heavy atom. The minimum absolute atomic E-state index is 0.744. The molecule has 0 bridgehead atoms. The quantitative estimate of drug-likeness (QED) is 0.810. The largest absolute Gasteiger partial charge is 0.385 e. The molecule has 86 valence electrons. The fourth-order valence-electron chi connectivity index (χ4n) is 1.62. The van der Waals surface area contributed by atoms with Gasteiger partial charge in [-0.05, 0) is 31.0 Å². The fraction of sp³-hybridized carbons (Fsp3) is 0.455. The molecule has 0 N–H and O–H groups in total. The summed E-state index contributed by atoms with van der Waals surface area (Å²) in [6, 6.07) is 4.11. The predicted octanol–water partition coefficient (Wildman–Crippen LogP) is 2.54. The topological polar surface area (TPSA) is 39.9 Å². The minimum Gasteiger partial charge on any atom is -0.385 e. The Labute approximate surface area is 103 Å². The van der Waals surface area contributed by atoms with Crippen LogP contribution in [0.2, 0.25) is 0 Å². The summed E-state index contributed by atoms with van der Waals surface area (Å²) in [5.41, 5.74) is 3.18. The van der Waals surface area contributed by atoms with Crippen molar-refractivity contribution in [3.05, 3.63) is 22.2 Å². The van der Waals surface area contributed by atoms with Gasteiger partial charge in [-0.2, -0.15) is 0 Å². The van der Waals surface area contributed by atoms with Crippen molar-refractivity contribution >= 4 is 27.0 Å². The molecule has 0 unspecified atom stereocenters. The lowest BCUT2D eigenvalue weighted by atomic mass is 10.2. The Hall–Kier alpha value is -0.940. The Morgan fingerprint density at radius 3 is 3.00 bits per heavy atom. The molecule has 1 aromatic heterocycles. The molecule has 5 heteroatoms. The molecule has 0 saturated heterocycles. The van der Waals surface area contributed by atoms with Gasteiger partial charge >= 0.3 is 0 Å². The molecule has 0 amide bonds. The smallest absolute Gasteiger partial charge is 0.113 e. The van der Waals surface area contributed by atoms with Gasteiger partial charge in [-0.25, -0.2) is 4.68 Å². The lowest BCUT2D eigenvalue weighted by molar-refractivity contribution is 0.189. The van der Waals surface area contributed by atoms with Crippen LogP contribution in [-0.2, 0) is 11.3 Å². The number of benzene rings is 1. The SMILES string of the molecule is COCCCn1nnc2cc(C)c(Br)cc21. The average molecular weight is 284 g/mol. The second-order valence-electron chi connectivity index (χ2n) is 3.75. The van der Waals surface area contributed by atoms with Gasteiger partial charge in [0, 0.05) is 24.7 Å². The van der Waals surface area contributed by atoms with Crippen molar-refractivity contribution in [2.45, 2.75) is 19.9 Å². The zero-order valence-corrected chi connectivity index (χ0v) is 11.0. The van der Waals surface area contributed by atoms with Crippen LogP contribution in [-0.4, -0.2) is 28.7 Å². The van der Waals surface area contributed by atoms with Crippen LogP contribution in [0.1, 0.15) is 12.0 Å². The monoisotopic (exact) mass is 283 g/mol. The average Bonchev–Trinajstić information content (AvgIpc) is 2.63. The van der Waals surface area contributed by atoms with E-state index in [1.807, 2.05) is 17.7 Å². The summed E-state index contributed by atoms with van der Waals surface area (Å²) in [7, 11) is 1.71. The summed E-state index contributed by atoms with van der Waals surface area (Å²) >= 11 is 3.52. The van der Waals surface area contributed by atoms with E-state index in [2.05, 4.69) is 32.3 Å². The van der Waals surface area contributed by atoms with Gasteiger partial charge in [-0.15, -0.1) is 5.10 Å². The van der Waals surface area contributed by atoms with Crippen molar-refractivity contribution in [2.75, 3.05) is 13.7 Å². The summed E-state index contributed by atoms with van der Waals surface area (Å²) in [5, 5.41) is 8.29. The van der Waals surface area contributed by atoms with E-state index in [1.165, 1.54) is 5.56 Å². The molecular formula is C11H14BrN3O. The van der Waals surface area contributed by atoms with E-state index in [-0.39, 0.29) is 0 Å². The van der Waals surface area contributed by atoms with Gasteiger partial charge in [0.25, 0.3) is 0 Å². The van der Waals surface area contributed by atoms with E-state index in [1.54, 1.807) is 7.11 Å². The zero-order chi connectivity index (χ0) is 11.5. The van der Waals surface area contributed by atoms with Crippen LogP contribution in [0.5, 0.6) is 0 Å². The number of halogens is 1. The van der Waals surface area contributed by atoms with Gasteiger partial charge in [0.1, 0.15) is 5.52 Å². The van der Waals surface area contributed by atoms with Gasteiger partial charge in [0.05, 0.1) is 5.52 Å². The van der Waals surface area contributed by atoms with E-state index in [4.69, 9.17) is 4.74 Å². The number of nitrogens with zero attached hydrogens (tertiary/aromatic N) is 3. The van der Waals surface area contributed by atoms with Crippen molar-refractivity contribution in [3.8, 4) is 0 Å². The van der Waals surface area contributed by atoms with Gasteiger partial charge in [0.15, 0.2) is 0 Å². The highest BCUT2D eigenvalue weighted by Gasteiger charge is 2.06. The first-order chi connectivity index (χ1) is 7.72. The zero-order valence-electron chi connectivity index (χ0n) is 9.40. The van der Waals surface area contributed by atoms with Gasteiger partial charge in [0.2, 0.25) is 0 Å². The number of hydrogen-bond donors (Lipinski definition) is 0. The summed E-state index contributed by atoms with van der Waals surface area (Å²) in [5.74, 6) is 0. The van der Waals surface area contributed by atoms with Crippen LogP contribution in [0.3, 0.4) is 0 Å². The Kier molecular flexibility index (Phi) is 3.56. The number of rotatable bonds is 4. The van der Waals surface area contributed by atoms with Crippen molar-refractivity contribution < 1.29 is 4.74 Å². The molecule has 0 spiro atoms. The molecule has 4 nitrogen and oxygen atoms in total. The van der Waals surface area contributed by atoms with Crippen molar-refractivity contribution in [1.82, 2.24) is 15.0 Å². The summed E-state index contributed by atoms with van der Waals surface area (Å²) in [6.07, 6.45) is 0.945. The summed E-state index contributed by atoms with van der Waals surface area (Å²) in [4.78, 5) is 0. The predicted molar refractivity (Wildman–Crippen MR) is 66.5 cm³/mol. The lowest BCUT2D eigenvalue weighted by Gasteiger charge is -2.02. The van der Waals surface area contributed by atoms with E-state index < -0.39 is 0 Å². The minimum atomic E-state index is 0.744.